The van der Waals surface area contributed by atoms with Gasteiger partial charge in [-0.2, -0.15) is 0 Å². The van der Waals surface area contributed by atoms with Gasteiger partial charge in [-0.25, -0.2) is 4.79 Å². The van der Waals surface area contributed by atoms with Crippen LogP contribution in [-0.4, -0.2) is 46.2 Å². The Balaban J connectivity index is 2.24. The molecule has 2 amide bonds. The fourth-order valence-electron chi connectivity index (χ4n) is 2.56. The summed E-state index contributed by atoms with van der Waals surface area (Å²) in [5.41, 5.74) is 5.15. The molecule has 0 aliphatic carbocycles. The Morgan fingerprint density at radius 3 is 2.50 bits per heavy atom. The summed E-state index contributed by atoms with van der Waals surface area (Å²) in [5, 5.41) is 9.77. The van der Waals surface area contributed by atoms with Gasteiger partial charge >= 0.3 is 6.09 Å². The zero-order valence-corrected chi connectivity index (χ0v) is 14.8. The van der Waals surface area contributed by atoms with Crippen molar-refractivity contribution in [2.45, 2.75) is 45.8 Å². The smallest absolute Gasteiger partial charge is 0.411 e. The fraction of sp³-hybridized carbons (Fsp3) is 0.529. The highest BCUT2D eigenvalue weighted by molar-refractivity contribution is 5.98. The van der Waals surface area contributed by atoms with E-state index >= 15 is 0 Å². The third-order valence-corrected chi connectivity index (χ3v) is 3.81. The van der Waals surface area contributed by atoms with Gasteiger partial charge in [0.05, 0.1) is 11.2 Å². The van der Waals surface area contributed by atoms with Gasteiger partial charge in [0, 0.05) is 18.3 Å². The van der Waals surface area contributed by atoms with Gasteiger partial charge in [-0.05, 0) is 46.8 Å². The van der Waals surface area contributed by atoms with Crippen molar-refractivity contribution in [2.24, 2.45) is 0 Å². The Morgan fingerprint density at radius 1 is 1.33 bits per heavy atom. The van der Waals surface area contributed by atoms with E-state index in [1.54, 1.807) is 37.8 Å². The maximum Gasteiger partial charge on any atom is 0.411 e. The zero-order valence-electron chi connectivity index (χ0n) is 14.8. The number of carbonyl (C=O) groups is 2. The quantitative estimate of drug-likeness (QED) is 0.606. The van der Waals surface area contributed by atoms with Crippen LogP contribution in [0.1, 0.15) is 34.6 Å². The number of amides is 2. The molecular formula is C17H25N3O4. The number of nitrogens with zero attached hydrogens (tertiary/aromatic N) is 2. The molecule has 1 aromatic rings. The van der Waals surface area contributed by atoms with Gasteiger partial charge in [-0.3, -0.25) is 9.69 Å². The highest BCUT2D eigenvalue weighted by atomic mass is 16.6. The minimum atomic E-state index is -0.629. The summed E-state index contributed by atoms with van der Waals surface area (Å²) in [6.07, 6.45) is -0.513. The van der Waals surface area contributed by atoms with Crippen LogP contribution in [0.5, 0.6) is 5.75 Å². The van der Waals surface area contributed by atoms with Crippen molar-refractivity contribution in [2.75, 3.05) is 23.7 Å². The summed E-state index contributed by atoms with van der Waals surface area (Å²) in [6, 6.07) is 4.67. The lowest BCUT2D eigenvalue weighted by Gasteiger charge is -2.46. The van der Waals surface area contributed by atoms with E-state index in [1.165, 1.54) is 11.0 Å². The first-order valence-electron chi connectivity index (χ1n) is 7.80. The Bertz CT molecular complexity index is 664. The first kappa shape index (κ1) is 17.9. The molecule has 24 heavy (non-hydrogen) atoms. The van der Waals surface area contributed by atoms with Crippen LogP contribution >= 0.6 is 0 Å². The number of ether oxygens (including phenoxy) is 1. The second-order valence-corrected chi connectivity index (χ2v) is 7.60. The van der Waals surface area contributed by atoms with Crippen LogP contribution in [0.3, 0.4) is 0 Å². The Morgan fingerprint density at radius 2 is 1.96 bits per heavy atom. The van der Waals surface area contributed by atoms with Gasteiger partial charge in [-0.1, -0.05) is 0 Å². The molecule has 3 N–H and O–H groups in total. The maximum absolute atomic E-state index is 12.5. The summed E-state index contributed by atoms with van der Waals surface area (Å²) in [4.78, 5) is 27.9. The standard InChI is InChI=1S/C17H25N3O4/c1-16(2,3)24-15(23)20-9-14(22)19(10-17(20,4)5)11-6-7-12(18)13(21)8-11/h6-8,21H,9-10,18H2,1-5H3. The van der Waals surface area contributed by atoms with Crippen LogP contribution in [0.15, 0.2) is 18.2 Å². The molecule has 0 radical (unpaired) electrons. The molecule has 1 saturated heterocycles. The normalized spacial score (nSPS) is 17.8. The van der Waals surface area contributed by atoms with E-state index in [9.17, 15) is 14.7 Å². The first-order valence-corrected chi connectivity index (χ1v) is 7.80. The lowest BCUT2D eigenvalue weighted by atomic mass is 9.98. The summed E-state index contributed by atoms with van der Waals surface area (Å²) >= 11 is 0. The van der Waals surface area contributed by atoms with Gasteiger partial charge in [0.1, 0.15) is 17.9 Å². The number of phenols is 1. The third-order valence-electron chi connectivity index (χ3n) is 3.81. The number of benzene rings is 1. The van der Waals surface area contributed by atoms with Crippen LogP contribution in [0.25, 0.3) is 0 Å². The Hall–Kier alpha value is -2.44. The van der Waals surface area contributed by atoms with Gasteiger partial charge < -0.3 is 20.5 Å². The number of carbonyl (C=O) groups excluding carboxylic acids is 2. The summed E-state index contributed by atoms with van der Waals surface area (Å²) in [7, 11) is 0. The van der Waals surface area contributed by atoms with E-state index in [4.69, 9.17) is 10.5 Å². The molecule has 0 saturated carbocycles. The van der Waals surface area contributed by atoms with Crippen LogP contribution in [-0.2, 0) is 9.53 Å². The molecule has 1 aliphatic rings. The summed E-state index contributed by atoms with van der Waals surface area (Å²) < 4.78 is 5.40. The molecule has 1 aromatic carbocycles. The lowest BCUT2D eigenvalue weighted by molar-refractivity contribution is -0.124. The monoisotopic (exact) mass is 335 g/mol. The topological polar surface area (TPSA) is 96.1 Å². The molecule has 7 heteroatoms. The molecule has 0 bridgehead atoms. The number of phenolic OH excluding ortho intramolecular Hbond substituents is 1. The number of rotatable bonds is 1. The number of nitrogen functional groups attached to an aromatic ring is 1. The summed E-state index contributed by atoms with van der Waals surface area (Å²) in [5.74, 6) is -0.322. The van der Waals surface area contributed by atoms with Crippen molar-refractivity contribution < 1.29 is 19.4 Å². The molecule has 132 valence electrons. The van der Waals surface area contributed by atoms with Gasteiger partial charge in [-0.15, -0.1) is 0 Å². The number of aromatic hydroxyl groups is 1. The molecule has 2 rings (SSSR count). The van der Waals surface area contributed by atoms with Crippen molar-refractivity contribution in [3.8, 4) is 5.75 Å². The minimum absolute atomic E-state index is 0.0762. The molecular weight excluding hydrogens is 310 g/mol. The molecule has 0 spiro atoms. The number of hydrogen-bond acceptors (Lipinski definition) is 5. The Labute approximate surface area is 142 Å². The molecule has 0 unspecified atom stereocenters. The predicted octanol–water partition coefficient (Wildman–Crippen LogP) is 2.34. The van der Waals surface area contributed by atoms with Crippen molar-refractivity contribution in [3.05, 3.63) is 18.2 Å². The predicted molar refractivity (Wildman–Crippen MR) is 91.9 cm³/mol. The lowest BCUT2D eigenvalue weighted by Crippen LogP contribution is -2.64. The first-order chi connectivity index (χ1) is 10.9. The average Bonchev–Trinajstić information content (AvgIpc) is 2.42. The van der Waals surface area contributed by atoms with Crippen LogP contribution in [0, 0.1) is 0 Å². The SMILES string of the molecule is CC(C)(C)OC(=O)N1CC(=O)N(c2ccc(N)c(O)c2)CC1(C)C. The third kappa shape index (κ3) is 3.72. The number of hydrogen-bond donors (Lipinski definition) is 2. The second-order valence-electron chi connectivity index (χ2n) is 7.60. The maximum atomic E-state index is 12.5. The zero-order chi connectivity index (χ0) is 18.3. The molecule has 1 heterocycles. The van der Waals surface area contributed by atoms with Crippen molar-refractivity contribution in [1.82, 2.24) is 4.90 Å². The second kappa shape index (κ2) is 5.89. The van der Waals surface area contributed by atoms with E-state index in [2.05, 4.69) is 0 Å². The van der Waals surface area contributed by atoms with Gasteiger partial charge in [0.2, 0.25) is 5.91 Å². The molecule has 1 aliphatic heterocycles. The van der Waals surface area contributed by atoms with Gasteiger partial charge in [0.15, 0.2) is 0 Å². The minimum Gasteiger partial charge on any atom is -0.506 e. The van der Waals surface area contributed by atoms with E-state index < -0.39 is 17.2 Å². The van der Waals surface area contributed by atoms with Crippen LogP contribution in [0.4, 0.5) is 16.2 Å². The fourth-order valence-corrected chi connectivity index (χ4v) is 2.56. The highest BCUT2D eigenvalue weighted by Crippen LogP contribution is 2.31. The molecule has 0 atom stereocenters. The Kier molecular flexibility index (Phi) is 4.39. The van der Waals surface area contributed by atoms with Crippen molar-refractivity contribution in [3.63, 3.8) is 0 Å². The van der Waals surface area contributed by atoms with E-state index in [-0.39, 0.29) is 30.4 Å². The van der Waals surface area contributed by atoms with Crippen molar-refractivity contribution >= 4 is 23.4 Å². The van der Waals surface area contributed by atoms with Crippen LogP contribution in [0.2, 0.25) is 0 Å². The summed E-state index contributed by atoms with van der Waals surface area (Å²) in [6.45, 7) is 9.29. The van der Waals surface area contributed by atoms with Gasteiger partial charge in [0.25, 0.3) is 0 Å². The van der Waals surface area contributed by atoms with E-state index in [0.29, 0.717) is 5.69 Å². The number of piperazine rings is 1. The molecule has 7 nitrogen and oxygen atoms in total. The van der Waals surface area contributed by atoms with E-state index in [0.717, 1.165) is 0 Å². The molecule has 1 fully saturated rings. The van der Waals surface area contributed by atoms with Crippen LogP contribution < -0.4 is 10.6 Å². The van der Waals surface area contributed by atoms with Crippen molar-refractivity contribution in [1.29, 1.82) is 0 Å². The largest absolute Gasteiger partial charge is 0.506 e. The average molecular weight is 335 g/mol. The molecule has 0 aromatic heterocycles. The number of nitrogens with two attached hydrogens (primary N) is 1. The number of anilines is 2. The van der Waals surface area contributed by atoms with E-state index in [1.807, 2.05) is 13.8 Å². The highest BCUT2D eigenvalue weighted by Gasteiger charge is 2.42.